The minimum Gasteiger partial charge on any atom is -0.462 e. The molecule has 0 aromatic rings. The number of carbonyl (C=O) groups excluding carboxylic acids is 2. The highest BCUT2D eigenvalue weighted by Gasteiger charge is 2.51. The Hall–Kier alpha value is -1.15. The molecule has 0 saturated heterocycles. The Morgan fingerprint density at radius 3 is 1.08 bits per heavy atom. The number of aliphatic hydroxyl groups excluding tert-OH is 5. The highest BCUT2D eigenvalue weighted by Crippen LogP contribution is 2.47. The Morgan fingerprint density at radius 2 is 0.770 bits per heavy atom. The minimum absolute atomic E-state index is 0.169. The van der Waals surface area contributed by atoms with E-state index in [9.17, 15) is 44.6 Å². The van der Waals surface area contributed by atoms with E-state index in [1.807, 2.05) is 0 Å². The normalized spacial score (nSPS) is 21.9. The molecule has 6 unspecified atom stereocenters. The van der Waals surface area contributed by atoms with Crippen LogP contribution in [0.2, 0.25) is 0 Å². The SMILES string of the molecule is CCCCCCCCCCCCCCCCCCCCCCCCCCCCCCCCCCCC(=O)OC[C@H](COP(=O)(O)OC1C(O)C(O)C(O)[C@@H](O)C1O)OC(C)=O. The molecule has 1 saturated carbocycles. The first-order valence-electron chi connectivity index (χ1n) is 24.8. The lowest BCUT2D eigenvalue weighted by Crippen LogP contribution is -2.64. The monoisotopic (exact) mass is 895 g/mol. The summed E-state index contributed by atoms with van der Waals surface area (Å²) in [5, 5.41) is 49.4. The molecule has 0 aromatic carbocycles. The molecule has 1 rings (SSSR count). The van der Waals surface area contributed by atoms with Gasteiger partial charge in [0.05, 0.1) is 6.61 Å². The van der Waals surface area contributed by atoms with E-state index >= 15 is 0 Å². The van der Waals surface area contributed by atoms with Crippen molar-refractivity contribution < 1.29 is 63.1 Å². The van der Waals surface area contributed by atoms with Crippen molar-refractivity contribution in [2.24, 2.45) is 0 Å². The van der Waals surface area contributed by atoms with E-state index in [1.54, 1.807) is 0 Å². The lowest BCUT2D eigenvalue weighted by atomic mass is 9.85. The van der Waals surface area contributed by atoms with Crippen LogP contribution in [0.4, 0.5) is 0 Å². The largest absolute Gasteiger partial charge is 0.472 e. The smallest absolute Gasteiger partial charge is 0.462 e. The Kier molecular flexibility index (Phi) is 36.2. The topological polar surface area (TPSA) is 210 Å². The van der Waals surface area contributed by atoms with Crippen molar-refractivity contribution in [1.29, 1.82) is 0 Å². The minimum atomic E-state index is -5.07. The molecule has 13 nitrogen and oxygen atoms in total. The van der Waals surface area contributed by atoms with E-state index in [-0.39, 0.29) is 6.42 Å². The Morgan fingerprint density at radius 1 is 0.475 bits per heavy atom. The fraction of sp³-hybridized carbons (Fsp3) is 0.957. The van der Waals surface area contributed by atoms with Gasteiger partial charge in [0.1, 0.15) is 43.2 Å². The van der Waals surface area contributed by atoms with Crippen LogP contribution in [0.3, 0.4) is 0 Å². The number of rotatable bonds is 42. The van der Waals surface area contributed by atoms with Gasteiger partial charge in [0.25, 0.3) is 0 Å². The lowest BCUT2D eigenvalue weighted by Gasteiger charge is -2.41. The Bertz CT molecular complexity index is 1080. The fourth-order valence-electron chi connectivity index (χ4n) is 8.11. The van der Waals surface area contributed by atoms with Gasteiger partial charge in [0.15, 0.2) is 6.10 Å². The third kappa shape index (κ3) is 31.4. The molecule has 0 heterocycles. The Labute approximate surface area is 370 Å². The number of esters is 2. The number of phosphoric acid groups is 1. The van der Waals surface area contributed by atoms with Crippen molar-refractivity contribution in [3.63, 3.8) is 0 Å². The molecule has 1 aliphatic rings. The summed E-state index contributed by atoms with van der Waals surface area (Å²) >= 11 is 0. The summed E-state index contributed by atoms with van der Waals surface area (Å²) < 4.78 is 32.2. The highest BCUT2D eigenvalue weighted by atomic mass is 31.2. The molecule has 0 radical (unpaired) electrons. The zero-order valence-corrected chi connectivity index (χ0v) is 39.4. The maximum atomic E-state index is 12.5. The van der Waals surface area contributed by atoms with Gasteiger partial charge in [-0.25, -0.2) is 4.57 Å². The van der Waals surface area contributed by atoms with Gasteiger partial charge < -0.3 is 39.9 Å². The quantitative estimate of drug-likeness (QED) is 0.0192. The second-order valence-corrected chi connectivity index (χ2v) is 19.2. The van der Waals surface area contributed by atoms with Crippen LogP contribution >= 0.6 is 7.82 Å². The molecular formula is C47H91O13P. The summed E-state index contributed by atoms with van der Waals surface area (Å²) in [6, 6.07) is 0. The molecular weight excluding hydrogens is 803 g/mol. The van der Waals surface area contributed by atoms with Crippen LogP contribution in [-0.4, -0.2) is 98.3 Å². The first-order valence-corrected chi connectivity index (χ1v) is 26.3. The molecule has 14 heteroatoms. The van der Waals surface area contributed by atoms with Crippen molar-refractivity contribution in [1.82, 2.24) is 0 Å². The lowest BCUT2D eigenvalue weighted by molar-refractivity contribution is -0.220. The van der Waals surface area contributed by atoms with Crippen molar-refractivity contribution >= 4 is 19.8 Å². The summed E-state index contributed by atoms with van der Waals surface area (Å²) in [5.41, 5.74) is 0. The molecule has 0 aliphatic heterocycles. The first-order chi connectivity index (χ1) is 29.4. The van der Waals surface area contributed by atoms with Crippen molar-refractivity contribution in [2.75, 3.05) is 13.2 Å². The second-order valence-electron chi connectivity index (χ2n) is 17.8. The predicted octanol–water partition coefficient (Wildman–Crippen LogP) is 10.1. The molecule has 61 heavy (non-hydrogen) atoms. The third-order valence-corrected chi connectivity index (χ3v) is 13.0. The number of unbranched alkanes of at least 4 members (excludes halogenated alkanes) is 32. The maximum absolute atomic E-state index is 12.5. The van der Waals surface area contributed by atoms with Crippen LogP contribution in [0.25, 0.3) is 0 Å². The number of hydrogen-bond acceptors (Lipinski definition) is 12. The summed E-state index contributed by atoms with van der Waals surface area (Å²) in [5.74, 6) is -1.28. The molecule has 8 atom stereocenters. The molecule has 0 aromatic heterocycles. The number of ether oxygens (including phenoxy) is 2. The average molecular weight is 895 g/mol. The summed E-state index contributed by atoms with van der Waals surface area (Å²) in [6.45, 7) is 2.19. The molecule has 1 fully saturated rings. The van der Waals surface area contributed by atoms with Gasteiger partial charge in [0, 0.05) is 13.3 Å². The van der Waals surface area contributed by atoms with Gasteiger partial charge in [-0.15, -0.1) is 0 Å². The van der Waals surface area contributed by atoms with Crippen molar-refractivity contribution in [3.8, 4) is 0 Å². The van der Waals surface area contributed by atoms with E-state index in [1.165, 1.54) is 186 Å². The van der Waals surface area contributed by atoms with Gasteiger partial charge >= 0.3 is 19.8 Å². The molecule has 0 bridgehead atoms. The van der Waals surface area contributed by atoms with E-state index in [0.717, 1.165) is 26.2 Å². The fourth-order valence-corrected chi connectivity index (χ4v) is 9.09. The van der Waals surface area contributed by atoms with Gasteiger partial charge in [0.2, 0.25) is 0 Å². The zero-order chi connectivity index (χ0) is 45.0. The van der Waals surface area contributed by atoms with Crippen LogP contribution in [0.15, 0.2) is 0 Å². The van der Waals surface area contributed by atoms with Crippen LogP contribution in [-0.2, 0) is 32.7 Å². The highest BCUT2D eigenvalue weighted by molar-refractivity contribution is 7.47. The van der Waals surface area contributed by atoms with Crippen molar-refractivity contribution in [2.45, 2.75) is 275 Å². The number of phosphoric ester groups is 1. The summed E-state index contributed by atoms with van der Waals surface area (Å²) in [7, 11) is -5.07. The van der Waals surface area contributed by atoms with E-state index in [4.69, 9.17) is 18.5 Å². The van der Waals surface area contributed by atoms with Crippen LogP contribution in [0.5, 0.6) is 0 Å². The van der Waals surface area contributed by atoms with Gasteiger partial charge in [-0.3, -0.25) is 18.6 Å². The summed E-state index contributed by atoms with van der Waals surface area (Å²) in [4.78, 5) is 33.9. The van der Waals surface area contributed by atoms with Crippen molar-refractivity contribution in [3.05, 3.63) is 0 Å². The average Bonchev–Trinajstić information content (AvgIpc) is 3.23. The van der Waals surface area contributed by atoms with Gasteiger partial charge in [-0.2, -0.15) is 0 Å². The third-order valence-electron chi connectivity index (χ3n) is 12.0. The van der Waals surface area contributed by atoms with Crippen LogP contribution in [0.1, 0.15) is 232 Å². The zero-order valence-electron chi connectivity index (χ0n) is 38.5. The second kappa shape index (κ2) is 38.2. The first kappa shape index (κ1) is 57.9. The molecule has 1 aliphatic carbocycles. The molecule has 362 valence electrons. The number of aliphatic hydroxyl groups is 5. The molecule has 0 spiro atoms. The van der Waals surface area contributed by atoms with E-state index in [0.29, 0.717) is 6.42 Å². The summed E-state index contributed by atoms with van der Waals surface area (Å²) in [6.07, 6.45) is 31.1. The Balaban J connectivity index is 1.90. The van der Waals surface area contributed by atoms with Crippen LogP contribution in [0, 0.1) is 0 Å². The molecule has 0 amide bonds. The van der Waals surface area contributed by atoms with Gasteiger partial charge in [-0.05, 0) is 6.42 Å². The molecule has 6 N–H and O–H groups in total. The predicted molar refractivity (Wildman–Crippen MR) is 240 cm³/mol. The van der Waals surface area contributed by atoms with Crippen LogP contribution < -0.4 is 0 Å². The maximum Gasteiger partial charge on any atom is 0.472 e. The van der Waals surface area contributed by atoms with E-state index in [2.05, 4.69) is 6.92 Å². The number of hydrogen-bond donors (Lipinski definition) is 6. The number of carbonyl (C=O) groups is 2. The van der Waals surface area contributed by atoms with E-state index < -0.39 is 75.7 Å². The van der Waals surface area contributed by atoms with Gasteiger partial charge in [-0.1, -0.05) is 212 Å². The standard InChI is InChI=1S/C47H91O13P/c1-3-4-5-6-7-8-9-10-11-12-13-14-15-16-17-18-19-20-21-22-23-24-25-26-27-28-29-30-31-32-33-34-35-36-41(49)57-37-40(59-39(2)48)38-58-61(55,56)60-47-45(53)43(51)42(50)44(52)46(47)54/h40,42-47,50-54H,3-38H2,1-2H3,(H,55,56)/t40-,42?,43-,44?,45?,46?,47?/m1/s1.